The first-order chi connectivity index (χ1) is 15.2. The number of nitrogens with zero attached hydrogens (tertiary/aromatic N) is 2. The third-order valence-electron chi connectivity index (χ3n) is 4.30. The Morgan fingerprint density at radius 1 is 1.22 bits per heavy atom. The predicted octanol–water partition coefficient (Wildman–Crippen LogP) is 1.75. The van der Waals surface area contributed by atoms with Crippen molar-refractivity contribution in [2.45, 2.75) is 18.4 Å². The van der Waals surface area contributed by atoms with Gasteiger partial charge in [-0.25, -0.2) is 17.5 Å². The minimum Gasteiger partial charge on any atom is -0.348 e. The van der Waals surface area contributed by atoms with Crippen LogP contribution in [0.25, 0.3) is 5.69 Å². The maximum atomic E-state index is 13.8. The Hall–Kier alpha value is -3.83. The molecule has 0 aliphatic carbocycles. The molecule has 0 saturated carbocycles. The van der Waals surface area contributed by atoms with Crippen molar-refractivity contribution < 1.29 is 22.4 Å². The van der Waals surface area contributed by atoms with Gasteiger partial charge in [-0.3, -0.25) is 15.0 Å². The number of halogens is 1. The zero-order valence-corrected chi connectivity index (χ0v) is 17.8. The Morgan fingerprint density at radius 2 is 1.97 bits per heavy atom. The summed E-state index contributed by atoms with van der Waals surface area (Å²) in [6, 6.07) is 9.66. The molecule has 1 heterocycles. The van der Waals surface area contributed by atoms with Gasteiger partial charge in [0.15, 0.2) is 0 Å². The van der Waals surface area contributed by atoms with Crippen molar-refractivity contribution in [3.8, 4) is 5.69 Å². The first kappa shape index (κ1) is 22.8. The molecule has 11 heteroatoms. The van der Waals surface area contributed by atoms with E-state index in [2.05, 4.69) is 22.4 Å². The highest BCUT2D eigenvalue weighted by Gasteiger charge is 2.20. The van der Waals surface area contributed by atoms with Crippen LogP contribution in [0.1, 0.15) is 21.5 Å². The van der Waals surface area contributed by atoms with Crippen LogP contribution >= 0.6 is 0 Å². The van der Waals surface area contributed by atoms with Gasteiger partial charge in [0.25, 0.3) is 15.9 Å². The second-order valence-corrected chi connectivity index (χ2v) is 8.41. The van der Waals surface area contributed by atoms with E-state index >= 15 is 0 Å². The molecule has 1 aromatic heterocycles. The maximum absolute atomic E-state index is 13.8. The van der Waals surface area contributed by atoms with Crippen molar-refractivity contribution in [2.24, 2.45) is 0 Å². The van der Waals surface area contributed by atoms with Crippen LogP contribution in [0.2, 0.25) is 0 Å². The lowest BCUT2D eigenvalue weighted by atomic mass is 10.1. The van der Waals surface area contributed by atoms with Crippen LogP contribution in [0.3, 0.4) is 0 Å². The second kappa shape index (κ2) is 9.54. The molecule has 9 nitrogen and oxygen atoms in total. The third kappa shape index (κ3) is 5.45. The fraction of sp³-hybridized carbons (Fsp3) is 0.0952. The first-order valence-electron chi connectivity index (χ1n) is 9.32. The number of sulfonamides is 1. The van der Waals surface area contributed by atoms with E-state index in [0.717, 1.165) is 29.3 Å². The van der Waals surface area contributed by atoms with Gasteiger partial charge < -0.3 is 5.32 Å². The number of hydrogen-bond donors (Lipinski definition) is 3. The van der Waals surface area contributed by atoms with Crippen LogP contribution < -0.4 is 15.6 Å². The molecule has 0 aliphatic heterocycles. The number of amides is 2. The van der Waals surface area contributed by atoms with E-state index in [9.17, 15) is 22.4 Å². The highest BCUT2D eigenvalue weighted by atomic mass is 32.2. The average Bonchev–Trinajstić information content (AvgIpc) is 3.24. The molecule has 2 amide bonds. The normalized spacial score (nSPS) is 11.1. The number of nitrogens with one attached hydrogen (secondary N) is 3. The highest BCUT2D eigenvalue weighted by molar-refractivity contribution is 7.89. The lowest BCUT2D eigenvalue weighted by Crippen LogP contribution is -2.41. The molecule has 0 radical (unpaired) electrons. The summed E-state index contributed by atoms with van der Waals surface area (Å²) in [6.45, 7) is 5.40. The van der Waals surface area contributed by atoms with E-state index in [1.165, 1.54) is 22.9 Å². The largest absolute Gasteiger partial charge is 0.348 e. The van der Waals surface area contributed by atoms with Crippen molar-refractivity contribution >= 4 is 21.8 Å². The summed E-state index contributed by atoms with van der Waals surface area (Å²) in [5.41, 5.74) is 4.25. The molecule has 0 spiro atoms. The molecular formula is C21H20FN5O4S. The molecule has 0 saturated heterocycles. The van der Waals surface area contributed by atoms with E-state index in [-0.39, 0.29) is 18.0 Å². The van der Waals surface area contributed by atoms with Crippen LogP contribution in [0, 0.1) is 12.7 Å². The molecular weight excluding hydrogens is 437 g/mol. The van der Waals surface area contributed by atoms with Crippen LogP contribution in [-0.2, 0) is 21.4 Å². The lowest BCUT2D eigenvalue weighted by molar-refractivity contribution is -0.116. The highest BCUT2D eigenvalue weighted by Crippen LogP contribution is 2.15. The summed E-state index contributed by atoms with van der Waals surface area (Å²) >= 11 is 0. The monoisotopic (exact) mass is 457 g/mol. The fourth-order valence-corrected chi connectivity index (χ4v) is 3.70. The molecule has 0 fully saturated rings. The quantitative estimate of drug-likeness (QED) is 0.351. The van der Waals surface area contributed by atoms with Crippen molar-refractivity contribution in [3.63, 3.8) is 0 Å². The number of rotatable bonds is 8. The van der Waals surface area contributed by atoms with Crippen molar-refractivity contribution in [2.75, 3.05) is 0 Å². The van der Waals surface area contributed by atoms with Gasteiger partial charge in [-0.05, 0) is 48.9 Å². The summed E-state index contributed by atoms with van der Waals surface area (Å²) in [5, 5.41) is 6.86. The van der Waals surface area contributed by atoms with Crippen LogP contribution in [-0.4, -0.2) is 30.0 Å². The Morgan fingerprint density at radius 3 is 2.69 bits per heavy atom. The molecule has 0 atom stereocenters. The predicted molar refractivity (Wildman–Crippen MR) is 115 cm³/mol. The van der Waals surface area contributed by atoms with E-state index in [0.29, 0.717) is 5.69 Å². The second-order valence-electron chi connectivity index (χ2n) is 6.76. The van der Waals surface area contributed by atoms with Crippen LogP contribution in [0.4, 0.5) is 4.39 Å². The van der Waals surface area contributed by atoms with E-state index in [1.54, 1.807) is 31.5 Å². The zero-order chi connectivity index (χ0) is 23.3. The summed E-state index contributed by atoms with van der Waals surface area (Å²) in [4.78, 5) is 25.1. The van der Waals surface area contributed by atoms with Crippen LogP contribution in [0.15, 0.2) is 72.4 Å². The van der Waals surface area contributed by atoms with Gasteiger partial charge in [-0.2, -0.15) is 5.10 Å². The minimum atomic E-state index is -4.29. The van der Waals surface area contributed by atoms with Gasteiger partial charge in [0.2, 0.25) is 5.91 Å². The Bertz CT molecular complexity index is 1290. The van der Waals surface area contributed by atoms with Gasteiger partial charge in [-0.15, -0.1) is 4.83 Å². The summed E-state index contributed by atoms with van der Waals surface area (Å²) < 4.78 is 39.8. The van der Waals surface area contributed by atoms with E-state index < -0.39 is 26.6 Å². The molecule has 32 heavy (non-hydrogen) atoms. The average molecular weight is 457 g/mol. The Labute approximate surface area is 184 Å². The standard InChI is InChI=1S/C21H20FN5O4S/c1-3-20(28)23-11-15-12-24-27(13-15)17-9-14(2)8-16(10-17)21(29)25-26-32(30,31)19-7-5-4-6-18(19)22/h3-10,12-13,26H,1,11H2,2H3,(H,23,28)(H,25,29). The zero-order valence-electron chi connectivity index (χ0n) is 17.0. The number of hydrazine groups is 1. The summed E-state index contributed by atoms with van der Waals surface area (Å²) in [5.74, 6) is -1.99. The van der Waals surface area contributed by atoms with Gasteiger partial charge in [0, 0.05) is 23.9 Å². The number of hydrogen-bond acceptors (Lipinski definition) is 5. The lowest BCUT2D eigenvalue weighted by Gasteiger charge is -2.11. The van der Waals surface area contributed by atoms with Gasteiger partial charge in [-0.1, -0.05) is 18.7 Å². The number of benzene rings is 2. The van der Waals surface area contributed by atoms with Crippen LogP contribution in [0.5, 0.6) is 0 Å². The van der Waals surface area contributed by atoms with Gasteiger partial charge >= 0.3 is 0 Å². The van der Waals surface area contributed by atoms with Crippen molar-refractivity contribution in [1.82, 2.24) is 25.4 Å². The number of carbonyl (C=O) groups excluding carboxylic acids is 2. The minimum absolute atomic E-state index is 0.160. The third-order valence-corrected chi connectivity index (χ3v) is 5.58. The molecule has 3 N–H and O–H groups in total. The molecule has 0 bridgehead atoms. The summed E-state index contributed by atoms with van der Waals surface area (Å²) in [6.07, 6.45) is 4.41. The number of aromatic nitrogens is 2. The molecule has 3 rings (SSSR count). The molecule has 3 aromatic rings. The van der Waals surface area contributed by atoms with Crippen molar-refractivity contribution in [1.29, 1.82) is 0 Å². The Balaban J connectivity index is 1.75. The molecule has 0 aliphatic rings. The Kier molecular flexibility index (Phi) is 6.81. The SMILES string of the molecule is C=CC(=O)NCc1cnn(-c2cc(C)cc(C(=O)NNS(=O)(=O)c3ccccc3F)c2)c1. The van der Waals surface area contributed by atoms with Gasteiger partial charge in [0.05, 0.1) is 11.9 Å². The maximum Gasteiger partial charge on any atom is 0.266 e. The molecule has 166 valence electrons. The number of aryl methyl sites for hydroxylation is 1. The smallest absolute Gasteiger partial charge is 0.266 e. The topological polar surface area (TPSA) is 122 Å². The molecule has 2 aromatic carbocycles. The number of carbonyl (C=O) groups is 2. The van der Waals surface area contributed by atoms with Gasteiger partial charge in [0.1, 0.15) is 10.7 Å². The molecule has 0 unspecified atom stereocenters. The summed E-state index contributed by atoms with van der Waals surface area (Å²) in [7, 11) is -4.29. The first-order valence-corrected chi connectivity index (χ1v) is 10.8. The van der Waals surface area contributed by atoms with E-state index in [4.69, 9.17) is 0 Å². The van der Waals surface area contributed by atoms with E-state index in [1.807, 2.05) is 4.83 Å². The van der Waals surface area contributed by atoms with Crippen molar-refractivity contribution in [3.05, 3.63) is 90.0 Å². The fourth-order valence-electron chi connectivity index (χ4n) is 2.78.